The number of nitrogens with one attached hydrogen (secondary N) is 1. The van der Waals surface area contributed by atoms with E-state index in [9.17, 15) is 12.8 Å². The van der Waals surface area contributed by atoms with Crippen molar-refractivity contribution in [2.24, 2.45) is 5.73 Å². The lowest BCUT2D eigenvalue weighted by Gasteiger charge is -2.17. The molecule has 0 radical (unpaired) electrons. The Kier molecular flexibility index (Phi) is 8.62. The maximum Gasteiger partial charge on any atom is 0.243 e. The first kappa shape index (κ1) is 19.6. The number of sulfonamides is 1. The Labute approximate surface area is 130 Å². The van der Waals surface area contributed by atoms with E-state index in [0.29, 0.717) is 6.42 Å². The fourth-order valence-electron chi connectivity index (χ4n) is 1.65. The summed E-state index contributed by atoms with van der Waals surface area (Å²) in [5, 5.41) is -0.222. The van der Waals surface area contributed by atoms with Gasteiger partial charge in [-0.2, -0.15) is 0 Å². The molecule has 0 fully saturated rings. The first-order valence-corrected chi connectivity index (χ1v) is 7.95. The summed E-state index contributed by atoms with van der Waals surface area (Å²) in [5.74, 6) is -0.942. The van der Waals surface area contributed by atoms with Gasteiger partial charge in [-0.15, -0.1) is 12.4 Å². The number of unbranched alkanes of at least 4 members (excludes halogenated alkanes) is 1. The van der Waals surface area contributed by atoms with Gasteiger partial charge in [0.25, 0.3) is 0 Å². The molecule has 1 rings (SSSR count). The Morgan fingerprint density at radius 1 is 1.45 bits per heavy atom. The molecule has 0 saturated heterocycles. The highest BCUT2D eigenvalue weighted by atomic mass is 35.5. The molecule has 4 nitrogen and oxygen atoms in total. The lowest BCUT2D eigenvalue weighted by atomic mass is 10.1. The van der Waals surface area contributed by atoms with Crippen LogP contribution in [0.2, 0.25) is 5.02 Å². The molecule has 0 aromatic heterocycles. The van der Waals surface area contributed by atoms with Gasteiger partial charge in [-0.25, -0.2) is 17.5 Å². The molecule has 0 aliphatic rings. The molecule has 0 aliphatic carbocycles. The van der Waals surface area contributed by atoms with Crippen LogP contribution in [0.25, 0.3) is 0 Å². The minimum Gasteiger partial charge on any atom is -0.329 e. The first-order chi connectivity index (χ1) is 8.92. The predicted octanol–water partition coefficient (Wildman–Crippen LogP) is 2.70. The second-order valence-corrected chi connectivity index (χ2v) is 6.34. The summed E-state index contributed by atoms with van der Waals surface area (Å²) in [5.41, 5.74) is 5.52. The van der Waals surface area contributed by atoms with Crippen LogP contribution < -0.4 is 10.5 Å². The number of benzene rings is 1. The quantitative estimate of drug-likeness (QED) is 0.798. The van der Waals surface area contributed by atoms with E-state index in [1.54, 1.807) is 0 Å². The summed E-state index contributed by atoms with van der Waals surface area (Å²) in [6.45, 7) is 2.17. The summed E-state index contributed by atoms with van der Waals surface area (Å²) in [6, 6.07) is 3.47. The summed E-state index contributed by atoms with van der Waals surface area (Å²) in [4.78, 5) is -0.449. The van der Waals surface area contributed by atoms with Crippen LogP contribution in [0.4, 0.5) is 4.39 Å². The van der Waals surface area contributed by atoms with Gasteiger partial charge in [0.05, 0.1) is 5.02 Å². The summed E-state index contributed by atoms with van der Waals surface area (Å²) < 4.78 is 40.3. The van der Waals surface area contributed by atoms with Gasteiger partial charge in [0, 0.05) is 12.6 Å². The average molecular weight is 345 g/mol. The van der Waals surface area contributed by atoms with Crippen LogP contribution >= 0.6 is 24.0 Å². The second kappa shape index (κ2) is 8.79. The highest BCUT2D eigenvalue weighted by Gasteiger charge is 2.23. The van der Waals surface area contributed by atoms with Crippen LogP contribution in [-0.2, 0) is 10.0 Å². The van der Waals surface area contributed by atoms with Gasteiger partial charge in [-0.05, 0) is 18.6 Å². The van der Waals surface area contributed by atoms with E-state index >= 15 is 0 Å². The molecule has 1 atom stereocenters. The van der Waals surface area contributed by atoms with Crippen molar-refractivity contribution in [3.05, 3.63) is 29.0 Å². The third-order valence-corrected chi connectivity index (χ3v) is 4.55. The highest BCUT2D eigenvalue weighted by molar-refractivity contribution is 7.89. The number of hydrogen-bond acceptors (Lipinski definition) is 3. The standard InChI is InChI=1S/C12H18ClFN2O2S.ClH/c1-2-3-5-9(8-15)16-19(17,18)11-7-4-6-10(13)12(11)14;/h4,6-7,9,16H,2-3,5,8,15H2,1H3;1H. The van der Waals surface area contributed by atoms with Crippen molar-refractivity contribution < 1.29 is 12.8 Å². The zero-order valence-electron chi connectivity index (χ0n) is 11.1. The second-order valence-electron chi connectivity index (χ2n) is 4.25. The molecule has 1 aromatic rings. The molecule has 0 bridgehead atoms. The molecular weight excluding hydrogens is 326 g/mol. The smallest absolute Gasteiger partial charge is 0.243 e. The monoisotopic (exact) mass is 344 g/mol. The zero-order chi connectivity index (χ0) is 14.5. The minimum absolute atomic E-state index is 0. The van der Waals surface area contributed by atoms with Crippen molar-refractivity contribution >= 4 is 34.0 Å². The maximum absolute atomic E-state index is 13.7. The highest BCUT2D eigenvalue weighted by Crippen LogP contribution is 2.22. The molecule has 0 heterocycles. The van der Waals surface area contributed by atoms with Gasteiger partial charge in [-0.3, -0.25) is 0 Å². The van der Waals surface area contributed by atoms with E-state index in [-0.39, 0.29) is 24.0 Å². The van der Waals surface area contributed by atoms with Crippen LogP contribution in [0.1, 0.15) is 26.2 Å². The molecule has 20 heavy (non-hydrogen) atoms. The molecular formula is C12H19Cl2FN2O2S. The van der Waals surface area contributed by atoms with E-state index in [1.807, 2.05) is 6.92 Å². The molecule has 0 amide bonds. The van der Waals surface area contributed by atoms with Crippen LogP contribution in [-0.4, -0.2) is 21.0 Å². The Bertz CT molecular complexity index is 526. The number of halogens is 3. The minimum atomic E-state index is -3.94. The van der Waals surface area contributed by atoms with Crippen molar-refractivity contribution in [1.29, 1.82) is 0 Å². The third kappa shape index (κ3) is 5.18. The van der Waals surface area contributed by atoms with Gasteiger partial charge < -0.3 is 5.73 Å². The van der Waals surface area contributed by atoms with Crippen molar-refractivity contribution in [3.8, 4) is 0 Å². The predicted molar refractivity (Wildman–Crippen MR) is 81.3 cm³/mol. The molecule has 116 valence electrons. The lowest BCUT2D eigenvalue weighted by Crippen LogP contribution is -2.40. The van der Waals surface area contributed by atoms with Crippen LogP contribution in [0.15, 0.2) is 23.1 Å². The average Bonchev–Trinajstić information content (AvgIpc) is 2.37. The van der Waals surface area contributed by atoms with E-state index in [4.69, 9.17) is 17.3 Å². The Balaban J connectivity index is 0.00000361. The van der Waals surface area contributed by atoms with Crippen molar-refractivity contribution in [2.75, 3.05) is 6.54 Å². The topological polar surface area (TPSA) is 72.2 Å². The molecule has 1 unspecified atom stereocenters. The Hall–Kier alpha value is -0.400. The first-order valence-electron chi connectivity index (χ1n) is 6.08. The summed E-state index contributed by atoms with van der Waals surface area (Å²) in [7, 11) is -3.94. The molecule has 8 heteroatoms. The fourth-order valence-corrected chi connectivity index (χ4v) is 3.26. The number of nitrogens with two attached hydrogens (primary N) is 1. The summed E-state index contributed by atoms with van der Waals surface area (Å²) in [6.07, 6.45) is 2.40. The Morgan fingerprint density at radius 3 is 2.65 bits per heavy atom. The van der Waals surface area contributed by atoms with E-state index in [1.165, 1.54) is 18.2 Å². The SMILES string of the molecule is CCCCC(CN)NS(=O)(=O)c1cccc(Cl)c1F.Cl. The van der Waals surface area contributed by atoms with E-state index in [2.05, 4.69) is 4.72 Å². The Morgan fingerprint density at radius 2 is 2.10 bits per heavy atom. The number of rotatable bonds is 7. The van der Waals surface area contributed by atoms with E-state index in [0.717, 1.165) is 12.8 Å². The molecule has 0 aliphatic heterocycles. The van der Waals surface area contributed by atoms with Crippen LogP contribution in [0, 0.1) is 5.82 Å². The van der Waals surface area contributed by atoms with Gasteiger partial charge >= 0.3 is 0 Å². The van der Waals surface area contributed by atoms with Gasteiger partial charge in [0.2, 0.25) is 10.0 Å². The van der Waals surface area contributed by atoms with Crippen molar-refractivity contribution in [3.63, 3.8) is 0 Å². The maximum atomic E-state index is 13.7. The molecule has 0 spiro atoms. The lowest BCUT2D eigenvalue weighted by molar-refractivity contribution is 0.509. The van der Waals surface area contributed by atoms with Gasteiger partial charge in [0.15, 0.2) is 5.82 Å². The zero-order valence-corrected chi connectivity index (χ0v) is 13.5. The summed E-state index contributed by atoms with van der Waals surface area (Å²) >= 11 is 5.58. The molecule has 3 N–H and O–H groups in total. The molecule has 1 aromatic carbocycles. The number of hydrogen-bond donors (Lipinski definition) is 2. The van der Waals surface area contributed by atoms with Crippen LogP contribution in [0.5, 0.6) is 0 Å². The third-order valence-electron chi connectivity index (χ3n) is 2.72. The fraction of sp³-hybridized carbons (Fsp3) is 0.500. The normalized spacial score (nSPS) is 12.8. The van der Waals surface area contributed by atoms with Crippen molar-refractivity contribution in [1.82, 2.24) is 4.72 Å². The van der Waals surface area contributed by atoms with E-state index < -0.39 is 26.8 Å². The largest absolute Gasteiger partial charge is 0.329 e. The van der Waals surface area contributed by atoms with Gasteiger partial charge in [0.1, 0.15) is 4.90 Å². The van der Waals surface area contributed by atoms with Crippen molar-refractivity contribution in [2.45, 2.75) is 37.1 Å². The van der Waals surface area contributed by atoms with Gasteiger partial charge in [-0.1, -0.05) is 37.4 Å². The van der Waals surface area contributed by atoms with Crippen LogP contribution in [0.3, 0.4) is 0 Å². The molecule has 0 saturated carbocycles.